The van der Waals surface area contributed by atoms with Gasteiger partial charge in [0.15, 0.2) is 5.88 Å². The van der Waals surface area contributed by atoms with E-state index in [9.17, 15) is 4.79 Å². The first kappa shape index (κ1) is 14.6. The molecule has 18 heavy (non-hydrogen) atoms. The predicted molar refractivity (Wildman–Crippen MR) is 70.6 cm³/mol. The van der Waals surface area contributed by atoms with Crippen molar-refractivity contribution in [1.82, 2.24) is 0 Å². The summed E-state index contributed by atoms with van der Waals surface area (Å²) in [5.74, 6) is 1.13. The van der Waals surface area contributed by atoms with E-state index in [1.165, 1.54) is 0 Å². The van der Waals surface area contributed by atoms with Crippen LogP contribution in [0.5, 0.6) is 0 Å². The van der Waals surface area contributed by atoms with Crippen molar-refractivity contribution >= 4 is 11.9 Å². The minimum absolute atomic E-state index is 0.343. The molecule has 0 radical (unpaired) electrons. The first-order valence-electron chi connectivity index (χ1n) is 6.38. The van der Waals surface area contributed by atoms with E-state index in [-0.39, 0.29) is 0 Å². The first-order chi connectivity index (χ1) is 8.62. The maximum Gasteiger partial charge on any atom is 0.323 e. The summed E-state index contributed by atoms with van der Waals surface area (Å²) in [6.07, 6.45) is 0.361. The lowest BCUT2D eigenvalue weighted by atomic mass is 10.2. The van der Waals surface area contributed by atoms with Gasteiger partial charge < -0.3 is 19.8 Å². The Morgan fingerprint density at radius 3 is 2.61 bits per heavy atom. The standard InChI is InChI=1S/C13H22N2O3/c1-4-15(5-2)12-8-7-10(18-12)9-11(14)13(16)17-6-3/h7-8,11H,4-6,9,14H2,1-3H3. The van der Waals surface area contributed by atoms with Crippen LogP contribution in [0.25, 0.3) is 0 Å². The minimum atomic E-state index is -0.666. The number of nitrogens with zero attached hydrogens (tertiary/aromatic N) is 1. The first-order valence-corrected chi connectivity index (χ1v) is 6.38. The number of nitrogens with two attached hydrogens (primary N) is 1. The highest BCUT2D eigenvalue weighted by Gasteiger charge is 2.17. The van der Waals surface area contributed by atoms with Crippen molar-refractivity contribution in [1.29, 1.82) is 0 Å². The number of furan rings is 1. The summed E-state index contributed by atoms with van der Waals surface area (Å²) in [7, 11) is 0. The number of hydrogen-bond acceptors (Lipinski definition) is 5. The number of ether oxygens (including phenoxy) is 1. The van der Waals surface area contributed by atoms with Crippen LogP contribution >= 0.6 is 0 Å². The summed E-state index contributed by atoms with van der Waals surface area (Å²) in [6, 6.07) is 3.09. The third kappa shape index (κ3) is 3.77. The molecule has 1 rings (SSSR count). The van der Waals surface area contributed by atoms with Crippen LogP contribution < -0.4 is 10.6 Å². The van der Waals surface area contributed by atoms with Crippen LogP contribution in [0.3, 0.4) is 0 Å². The smallest absolute Gasteiger partial charge is 0.323 e. The summed E-state index contributed by atoms with van der Waals surface area (Å²) >= 11 is 0. The fraction of sp³-hybridized carbons (Fsp3) is 0.615. The summed E-state index contributed by atoms with van der Waals surface area (Å²) < 4.78 is 10.5. The molecule has 0 aromatic carbocycles. The van der Waals surface area contributed by atoms with Crippen molar-refractivity contribution in [3.8, 4) is 0 Å². The number of carbonyl (C=O) groups is 1. The summed E-state index contributed by atoms with van der Waals surface area (Å²) in [5.41, 5.74) is 5.74. The third-order valence-electron chi connectivity index (χ3n) is 2.73. The molecule has 1 unspecified atom stereocenters. The zero-order chi connectivity index (χ0) is 13.5. The molecule has 1 aromatic heterocycles. The van der Waals surface area contributed by atoms with Crippen LogP contribution in [-0.2, 0) is 16.0 Å². The van der Waals surface area contributed by atoms with Crippen LogP contribution in [-0.4, -0.2) is 31.7 Å². The molecule has 5 nitrogen and oxygen atoms in total. The average Bonchev–Trinajstić information content (AvgIpc) is 2.79. The van der Waals surface area contributed by atoms with Gasteiger partial charge in [0, 0.05) is 25.6 Å². The molecular weight excluding hydrogens is 232 g/mol. The zero-order valence-electron chi connectivity index (χ0n) is 11.3. The number of rotatable bonds is 7. The molecule has 0 bridgehead atoms. The fourth-order valence-electron chi connectivity index (χ4n) is 1.73. The molecular formula is C13H22N2O3. The Morgan fingerprint density at radius 2 is 2.06 bits per heavy atom. The van der Waals surface area contributed by atoms with Gasteiger partial charge in [0.25, 0.3) is 0 Å². The number of carbonyl (C=O) groups excluding carboxylic acids is 1. The quantitative estimate of drug-likeness (QED) is 0.748. The Labute approximate surface area is 108 Å². The van der Waals surface area contributed by atoms with Crippen LogP contribution in [0.15, 0.2) is 16.5 Å². The van der Waals surface area contributed by atoms with Crippen molar-refractivity contribution < 1.29 is 13.9 Å². The second-order valence-corrected chi connectivity index (χ2v) is 3.97. The Balaban J connectivity index is 2.61. The van der Waals surface area contributed by atoms with E-state index in [4.69, 9.17) is 14.9 Å². The molecule has 0 aliphatic rings. The van der Waals surface area contributed by atoms with E-state index in [1.807, 2.05) is 12.1 Å². The van der Waals surface area contributed by atoms with E-state index in [1.54, 1.807) is 6.92 Å². The lowest BCUT2D eigenvalue weighted by Gasteiger charge is -2.17. The minimum Gasteiger partial charge on any atom is -0.465 e. The largest absolute Gasteiger partial charge is 0.465 e. The highest BCUT2D eigenvalue weighted by molar-refractivity contribution is 5.75. The number of esters is 1. The summed E-state index contributed by atoms with van der Waals surface area (Å²) in [4.78, 5) is 13.5. The highest BCUT2D eigenvalue weighted by Crippen LogP contribution is 2.19. The fourth-order valence-corrected chi connectivity index (χ4v) is 1.73. The molecule has 102 valence electrons. The topological polar surface area (TPSA) is 68.7 Å². The summed E-state index contributed by atoms with van der Waals surface area (Å²) in [5, 5.41) is 0. The van der Waals surface area contributed by atoms with Crippen LogP contribution in [0, 0.1) is 0 Å². The van der Waals surface area contributed by atoms with E-state index in [0.29, 0.717) is 18.8 Å². The van der Waals surface area contributed by atoms with Crippen molar-refractivity contribution in [3.05, 3.63) is 17.9 Å². The van der Waals surface area contributed by atoms with Crippen molar-refractivity contribution in [2.75, 3.05) is 24.6 Å². The molecule has 1 aromatic rings. The molecule has 0 saturated heterocycles. The van der Waals surface area contributed by atoms with E-state index in [0.717, 1.165) is 19.0 Å². The van der Waals surface area contributed by atoms with Gasteiger partial charge in [-0.25, -0.2) is 0 Å². The predicted octanol–water partition coefficient (Wildman–Crippen LogP) is 1.56. The van der Waals surface area contributed by atoms with E-state index < -0.39 is 12.0 Å². The van der Waals surface area contributed by atoms with E-state index in [2.05, 4.69) is 18.7 Å². The molecule has 0 spiro atoms. The van der Waals surface area contributed by atoms with Gasteiger partial charge in [0.05, 0.1) is 6.61 Å². The van der Waals surface area contributed by atoms with E-state index >= 15 is 0 Å². The average molecular weight is 254 g/mol. The molecule has 0 aliphatic heterocycles. The lowest BCUT2D eigenvalue weighted by molar-refractivity contribution is -0.144. The number of hydrogen-bond donors (Lipinski definition) is 1. The molecule has 0 saturated carbocycles. The van der Waals surface area contributed by atoms with Gasteiger partial charge in [0.1, 0.15) is 11.8 Å². The molecule has 0 aliphatic carbocycles. The van der Waals surface area contributed by atoms with Gasteiger partial charge >= 0.3 is 5.97 Å². The number of anilines is 1. The molecule has 2 N–H and O–H groups in total. The van der Waals surface area contributed by atoms with Crippen LogP contribution in [0.2, 0.25) is 0 Å². The van der Waals surface area contributed by atoms with Gasteiger partial charge in [-0.3, -0.25) is 4.79 Å². The molecule has 5 heteroatoms. The SMILES string of the molecule is CCOC(=O)C(N)Cc1ccc(N(CC)CC)o1. The monoisotopic (exact) mass is 254 g/mol. The van der Waals surface area contributed by atoms with Crippen molar-refractivity contribution in [2.24, 2.45) is 5.73 Å². The Hall–Kier alpha value is -1.49. The molecule has 1 heterocycles. The maximum absolute atomic E-state index is 11.4. The lowest BCUT2D eigenvalue weighted by Crippen LogP contribution is -2.34. The molecule has 0 fully saturated rings. The Bertz CT molecular complexity index is 372. The van der Waals surface area contributed by atoms with Gasteiger partial charge in [-0.2, -0.15) is 0 Å². The van der Waals surface area contributed by atoms with Crippen molar-refractivity contribution in [3.63, 3.8) is 0 Å². The second-order valence-electron chi connectivity index (χ2n) is 3.97. The molecule has 0 amide bonds. The third-order valence-corrected chi connectivity index (χ3v) is 2.73. The van der Waals surface area contributed by atoms with Crippen LogP contribution in [0.4, 0.5) is 5.88 Å². The molecule has 1 atom stereocenters. The Morgan fingerprint density at radius 1 is 1.39 bits per heavy atom. The Kier molecular flexibility index (Phi) is 5.71. The zero-order valence-corrected chi connectivity index (χ0v) is 11.3. The normalized spacial score (nSPS) is 12.2. The van der Waals surface area contributed by atoms with Gasteiger partial charge in [-0.05, 0) is 26.8 Å². The van der Waals surface area contributed by atoms with Gasteiger partial charge in [0.2, 0.25) is 0 Å². The van der Waals surface area contributed by atoms with Crippen molar-refractivity contribution in [2.45, 2.75) is 33.2 Å². The van der Waals surface area contributed by atoms with Gasteiger partial charge in [-0.15, -0.1) is 0 Å². The summed E-state index contributed by atoms with van der Waals surface area (Å²) in [6.45, 7) is 8.00. The van der Waals surface area contributed by atoms with Crippen LogP contribution in [0.1, 0.15) is 26.5 Å². The maximum atomic E-state index is 11.4. The highest BCUT2D eigenvalue weighted by atomic mass is 16.5. The second kappa shape index (κ2) is 7.06. The van der Waals surface area contributed by atoms with Gasteiger partial charge in [-0.1, -0.05) is 0 Å².